The van der Waals surface area contributed by atoms with Crippen molar-refractivity contribution in [1.82, 2.24) is 9.62 Å². The van der Waals surface area contributed by atoms with Gasteiger partial charge in [0.1, 0.15) is 0 Å². The Kier molecular flexibility index (Phi) is 6.77. The molecule has 0 aliphatic carbocycles. The smallest absolute Gasteiger partial charge is 0.254 e. The summed E-state index contributed by atoms with van der Waals surface area (Å²) >= 11 is 0. The second-order valence-corrected chi connectivity index (χ2v) is 8.28. The maximum Gasteiger partial charge on any atom is 0.254 e. The maximum atomic E-state index is 12.6. The highest BCUT2D eigenvalue weighted by Crippen LogP contribution is 2.22. The van der Waals surface area contributed by atoms with Gasteiger partial charge in [-0.2, -0.15) is 0 Å². The van der Waals surface area contributed by atoms with E-state index in [1.54, 1.807) is 31.2 Å². The largest absolute Gasteiger partial charge is 0.341 e. The van der Waals surface area contributed by atoms with Gasteiger partial charge in [-0.3, -0.25) is 9.59 Å². The number of hydrogen-bond acceptors (Lipinski definition) is 4. The van der Waals surface area contributed by atoms with Gasteiger partial charge in [0.25, 0.3) is 5.91 Å². The molecule has 2 rings (SSSR count). The molecule has 1 aliphatic heterocycles. The average molecular weight is 377 g/mol. The third-order valence-electron chi connectivity index (χ3n) is 4.29. The lowest BCUT2D eigenvalue weighted by atomic mass is 9.98. The van der Waals surface area contributed by atoms with E-state index in [0.717, 1.165) is 0 Å². The topological polar surface area (TPSA) is 95.6 Å². The highest BCUT2D eigenvalue weighted by atomic mass is 32.2. The van der Waals surface area contributed by atoms with Crippen molar-refractivity contribution in [2.75, 3.05) is 30.7 Å². The number of benzene rings is 1. The quantitative estimate of drug-likeness (QED) is 0.725. The third kappa shape index (κ3) is 4.84. The summed E-state index contributed by atoms with van der Waals surface area (Å²) in [7, 11) is -3.32. The van der Waals surface area contributed by atoms with Crippen LogP contribution in [0.25, 0.3) is 0 Å². The van der Waals surface area contributed by atoms with E-state index in [0.29, 0.717) is 30.6 Å². The highest BCUT2D eigenvalue weighted by molar-refractivity contribution is 7.89. The van der Waals surface area contributed by atoms with Gasteiger partial charge in [-0.05, 0) is 31.9 Å². The molecule has 1 saturated heterocycles. The number of nitrogens with zero attached hydrogens (tertiary/aromatic N) is 1. The summed E-state index contributed by atoms with van der Waals surface area (Å²) in [5, 5.41) is 5.32. The number of amides is 2. The fourth-order valence-corrected chi connectivity index (χ4v) is 4.02. The minimum Gasteiger partial charge on any atom is -0.341 e. The molecule has 2 N–H and O–H groups in total. The number of rotatable bonds is 6. The molecule has 1 fully saturated rings. The molecule has 1 aromatic carbocycles. The average Bonchev–Trinajstić information content (AvgIpc) is 2.66. The number of piperidine rings is 1. The van der Waals surface area contributed by atoms with E-state index in [2.05, 4.69) is 16.6 Å². The molecule has 1 aliphatic rings. The van der Waals surface area contributed by atoms with Crippen molar-refractivity contribution in [3.8, 4) is 12.3 Å². The molecule has 140 valence electrons. The maximum absolute atomic E-state index is 12.6. The van der Waals surface area contributed by atoms with Crippen molar-refractivity contribution in [2.24, 2.45) is 5.92 Å². The predicted octanol–water partition coefficient (Wildman–Crippen LogP) is 1.05. The lowest BCUT2D eigenvalue weighted by Crippen LogP contribution is -2.44. The monoisotopic (exact) mass is 377 g/mol. The first-order chi connectivity index (χ1) is 12.4. The molecule has 2 amide bonds. The van der Waals surface area contributed by atoms with Crippen molar-refractivity contribution >= 4 is 27.5 Å². The number of anilines is 1. The summed E-state index contributed by atoms with van der Waals surface area (Å²) in [6, 6.07) is 6.63. The SMILES string of the molecule is C#CCNC(=O)c1ccccc1NC(=O)C1CCCN(S(=O)(=O)CC)C1. The van der Waals surface area contributed by atoms with E-state index in [9.17, 15) is 18.0 Å². The summed E-state index contributed by atoms with van der Waals surface area (Å²) in [6.45, 7) is 2.27. The second-order valence-electron chi connectivity index (χ2n) is 6.02. The Morgan fingerprint density at radius 2 is 2.08 bits per heavy atom. The molecular formula is C18H23N3O4S. The van der Waals surface area contributed by atoms with Crippen LogP contribution in [-0.4, -0.2) is 49.9 Å². The van der Waals surface area contributed by atoms with Crippen LogP contribution in [-0.2, 0) is 14.8 Å². The van der Waals surface area contributed by atoms with Gasteiger partial charge in [-0.15, -0.1) is 6.42 Å². The van der Waals surface area contributed by atoms with Crippen molar-refractivity contribution in [1.29, 1.82) is 0 Å². The molecule has 26 heavy (non-hydrogen) atoms. The number of terminal acetylenes is 1. The van der Waals surface area contributed by atoms with Crippen LogP contribution >= 0.6 is 0 Å². The van der Waals surface area contributed by atoms with Crippen LogP contribution in [0.1, 0.15) is 30.1 Å². The van der Waals surface area contributed by atoms with Gasteiger partial charge >= 0.3 is 0 Å². The molecule has 1 heterocycles. The summed E-state index contributed by atoms with van der Waals surface area (Å²) in [5.74, 6) is 1.21. The lowest BCUT2D eigenvalue weighted by molar-refractivity contribution is -0.120. The van der Waals surface area contributed by atoms with Gasteiger partial charge in [0.15, 0.2) is 0 Å². The van der Waals surface area contributed by atoms with Gasteiger partial charge in [0, 0.05) is 13.1 Å². The normalized spacial score (nSPS) is 17.9. The van der Waals surface area contributed by atoms with Crippen LogP contribution in [0.15, 0.2) is 24.3 Å². The molecule has 0 radical (unpaired) electrons. The minimum atomic E-state index is -3.32. The molecule has 0 aromatic heterocycles. The minimum absolute atomic E-state index is 0.0134. The molecule has 0 saturated carbocycles. The number of sulfonamides is 1. The number of carbonyl (C=O) groups is 2. The molecule has 7 nitrogen and oxygen atoms in total. The first kappa shape index (κ1) is 19.9. The van der Waals surface area contributed by atoms with Crippen LogP contribution in [0.5, 0.6) is 0 Å². The van der Waals surface area contributed by atoms with Crippen molar-refractivity contribution in [2.45, 2.75) is 19.8 Å². The fraction of sp³-hybridized carbons (Fsp3) is 0.444. The summed E-state index contributed by atoms with van der Waals surface area (Å²) in [5.41, 5.74) is 0.687. The molecular weight excluding hydrogens is 354 g/mol. The first-order valence-corrected chi connectivity index (χ1v) is 10.1. The molecule has 1 atom stereocenters. The van der Waals surface area contributed by atoms with Gasteiger partial charge in [-0.1, -0.05) is 18.1 Å². The summed E-state index contributed by atoms with van der Waals surface area (Å²) in [4.78, 5) is 24.8. The zero-order valence-electron chi connectivity index (χ0n) is 14.7. The number of hydrogen-bond donors (Lipinski definition) is 2. The van der Waals surface area contributed by atoms with Crippen LogP contribution < -0.4 is 10.6 Å². The van der Waals surface area contributed by atoms with Crippen molar-refractivity contribution in [3.05, 3.63) is 29.8 Å². The Morgan fingerprint density at radius 3 is 2.77 bits per heavy atom. The van der Waals surface area contributed by atoms with Crippen LogP contribution in [0.3, 0.4) is 0 Å². The number of para-hydroxylation sites is 1. The standard InChI is InChI=1S/C18H23N3O4S/c1-3-11-19-18(23)15-9-5-6-10-16(15)20-17(22)14-8-7-12-21(13-14)26(24,25)4-2/h1,5-6,9-10,14H,4,7-8,11-13H2,2H3,(H,19,23)(H,20,22). The lowest BCUT2D eigenvalue weighted by Gasteiger charge is -2.31. The van der Waals surface area contributed by atoms with Crippen LogP contribution in [0, 0.1) is 18.3 Å². The fourth-order valence-electron chi connectivity index (χ4n) is 2.84. The van der Waals surface area contributed by atoms with E-state index in [1.165, 1.54) is 4.31 Å². The van der Waals surface area contributed by atoms with E-state index in [-0.39, 0.29) is 30.7 Å². The molecule has 1 unspecified atom stereocenters. The van der Waals surface area contributed by atoms with Gasteiger partial charge in [0.05, 0.1) is 29.5 Å². The predicted molar refractivity (Wildman–Crippen MR) is 100.0 cm³/mol. The molecule has 1 aromatic rings. The van der Waals surface area contributed by atoms with E-state index in [4.69, 9.17) is 6.42 Å². The van der Waals surface area contributed by atoms with Crippen molar-refractivity contribution < 1.29 is 18.0 Å². The Balaban J connectivity index is 2.10. The number of carbonyl (C=O) groups excluding carboxylic acids is 2. The Labute approximate surface area is 154 Å². The third-order valence-corrected chi connectivity index (χ3v) is 6.14. The van der Waals surface area contributed by atoms with Gasteiger partial charge < -0.3 is 10.6 Å². The Morgan fingerprint density at radius 1 is 1.35 bits per heavy atom. The van der Waals surface area contributed by atoms with Gasteiger partial charge in [0.2, 0.25) is 15.9 Å². The van der Waals surface area contributed by atoms with E-state index >= 15 is 0 Å². The van der Waals surface area contributed by atoms with Crippen LogP contribution in [0.2, 0.25) is 0 Å². The zero-order valence-corrected chi connectivity index (χ0v) is 15.5. The Hall–Kier alpha value is -2.37. The summed E-state index contributed by atoms with van der Waals surface area (Å²) < 4.78 is 25.5. The molecule has 0 spiro atoms. The highest BCUT2D eigenvalue weighted by Gasteiger charge is 2.31. The second kappa shape index (κ2) is 8.83. The van der Waals surface area contributed by atoms with Gasteiger partial charge in [-0.25, -0.2) is 12.7 Å². The zero-order chi connectivity index (χ0) is 19.2. The molecule has 8 heteroatoms. The van der Waals surface area contributed by atoms with E-state index in [1.807, 2.05) is 0 Å². The van der Waals surface area contributed by atoms with E-state index < -0.39 is 15.9 Å². The van der Waals surface area contributed by atoms with Crippen molar-refractivity contribution in [3.63, 3.8) is 0 Å². The number of nitrogens with one attached hydrogen (secondary N) is 2. The van der Waals surface area contributed by atoms with Crippen LogP contribution in [0.4, 0.5) is 5.69 Å². The molecule has 0 bridgehead atoms. The Bertz CT molecular complexity index is 814. The summed E-state index contributed by atoms with van der Waals surface area (Å²) in [6.07, 6.45) is 6.37. The first-order valence-electron chi connectivity index (χ1n) is 8.48.